The summed E-state index contributed by atoms with van der Waals surface area (Å²) in [5, 5.41) is 9.73. The van der Waals surface area contributed by atoms with Crippen molar-refractivity contribution in [1.29, 1.82) is 0 Å². The van der Waals surface area contributed by atoms with Gasteiger partial charge in [-0.15, -0.1) is 11.3 Å². The van der Waals surface area contributed by atoms with Crippen molar-refractivity contribution in [3.8, 4) is 0 Å². The summed E-state index contributed by atoms with van der Waals surface area (Å²) in [4.78, 5) is 16.5. The van der Waals surface area contributed by atoms with Crippen molar-refractivity contribution in [3.63, 3.8) is 0 Å². The fourth-order valence-electron chi connectivity index (χ4n) is 2.62. The van der Waals surface area contributed by atoms with Gasteiger partial charge in [0.1, 0.15) is 0 Å². The van der Waals surface area contributed by atoms with Crippen LogP contribution in [0.3, 0.4) is 0 Å². The summed E-state index contributed by atoms with van der Waals surface area (Å²) in [6.07, 6.45) is 2.59. The molecule has 0 aromatic carbocycles. The molecule has 2 unspecified atom stereocenters. The van der Waals surface area contributed by atoms with Gasteiger partial charge in [0.2, 0.25) is 0 Å². The predicted molar refractivity (Wildman–Crippen MR) is 78.7 cm³/mol. The van der Waals surface area contributed by atoms with Crippen LogP contribution in [0.4, 0.5) is 0 Å². The number of nitrogens with zero attached hydrogens (tertiary/aromatic N) is 1. The highest BCUT2D eigenvalue weighted by Gasteiger charge is 2.28. The number of aryl methyl sites for hydroxylation is 2. The third-order valence-electron chi connectivity index (χ3n) is 3.90. The quantitative estimate of drug-likeness (QED) is 0.925. The van der Waals surface area contributed by atoms with Crippen LogP contribution in [-0.4, -0.2) is 35.1 Å². The van der Waals surface area contributed by atoms with E-state index in [0.29, 0.717) is 19.5 Å². The molecule has 2 atom stereocenters. The standard InChI is InChI=1S/C15H23NO2S/c1-4-5-12-8-14(19-11(12)3)15(18)16-7-6-13(17)10(2)9-16/h8,10,13,17H,4-7,9H2,1-3H3. The van der Waals surface area contributed by atoms with E-state index in [-0.39, 0.29) is 17.9 Å². The van der Waals surface area contributed by atoms with Crippen molar-refractivity contribution in [2.24, 2.45) is 5.92 Å². The van der Waals surface area contributed by atoms with Crippen LogP contribution in [0, 0.1) is 12.8 Å². The molecule has 1 N–H and O–H groups in total. The number of hydrogen-bond donors (Lipinski definition) is 1. The Labute approximate surface area is 119 Å². The lowest BCUT2D eigenvalue weighted by Gasteiger charge is -2.34. The lowest BCUT2D eigenvalue weighted by Crippen LogP contribution is -2.44. The predicted octanol–water partition coefficient (Wildman–Crippen LogP) is 2.85. The fourth-order valence-corrected chi connectivity index (χ4v) is 3.66. The van der Waals surface area contributed by atoms with E-state index in [1.165, 1.54) is 10.4 Å². The maximum atomic E-state index is 12.5. The molecular weight excluding hydrogens is 258 g/mol. The Morgan fingerprint density at radius 1 is 1.58 bits per heavy atom. The molecule has 19 heavy (non-hydrogen) atoms. The van der Waals surface area contributed by atoms with Gasteiger partial charge in [0.15, 0.2) is 0 Å². The topological polar surface area (TPSA) is 40.5 Å². The molecule has 1 aromatic heterocycles. The van der Waals surface area contributed by atoms with Gasteiger partial charge in [-0.1, -0.05) is 20.3 Å². The first kappa shape index (κ1) is 14.5. The number of piperidine rings is 1. The van der Waals surface area contributed by atoms with E-state index in [0.717, 1.165) is 17.7 Å². The number of amides is 1. The van der Waals surface area contributed by atoms with Crippen molar-refractivity contribution in [3.05, 3.63) is 21.4 Å². The Morgan fingerprint density at radius 3 is 2.95 bits per heavy atom. The SMILES string of the molecule is CCCc1cc(C(=O)N2CCC(O)C(C)C2)sc1C. The number of thiophene rings is 1. The molecular formula is C15H23NO2S. The lowest BCUT2D eigenvalue weighted by molar-refractivity contribution is 0.0300. The molecule has 106 valence electrons. The van der Waals surface area contributed by atoms with E-state index in [1.54, 1.807) is 11.3 Å². The summed E-state index contributed by atoms with van der Waals surface area (Å²) in [6, 6.07) is 2.06. The van der Waals surface area contributed by atoms with Crippen LogP contribution in [-0.2, 0) is 6.42 Å². The third kappa shape index (κ3) is 3.18. The van der Waals surface area contributed by atoms with Crippen LogP contribution in [0.25, 0.3) is 0 Å². The van der Waals surface area contributed by atoms with E-state index >= 15 is 0 Å². The van der Waals surface area contributed by atoms with Gasteiger partial charge in [-0.25, -0.2) is 0 Å². The average Bonchev–Trinajstić information content (AvgIpc) is 2.74. The summed E-state index contributed by atoms with van der Waals surface area (Å²) in [5.74, 6) is 0.308. The highest BCUT2D eigenvalue weighted by molar-refractivity contribution is 7.14. The van der Waals surface area contributed by atoms with Gasteiger partial charge in [0.25, 0.3) is 5.91 Å². The van der Waals surface area contributed by atoms with E-state index in [2.05, 4.69) is 19.9 Å². The maximum Gasteiger partial charge on any atom is 0.263 e. The Kier molecular flexibility index (Phi) is 4.63. The van der Waals surface area contributed by atoms with Crippen LogP contribution in [0.2, 0.25) is 0 Å². The van der Waals surface area contributed by atoms with E-state index in [4.69, 9.17) is 0 Å². The van der Waals surface area contributed by atoms with E-state index in [9.17, 15) is 9.90 Å². The molecule has 2 rings (SSSR count). The number of carbonyl (C=O) groups excluding carboxylic acids is 1. The van der Waals surface area contributed by atoms with Crippen molar-refractivity contribution in [2.75, 3.05) is 13.1 Å². The third-order valence-corrected chi connectivity index (χ3v) is 4.98. The molecule has 0 bridgehead atoms. The fraction of sp³-hybridized carbons (Fsp3) is 0.667. The number of aliphatic hydroxyl groups is 1. The zero-order chi connectivity index (χ0) is 14.0. The lowest BCUT2D eigenvalue weighted by atomic mass is 9.96. The average molecular weight is 281 g/mol. The van der Waals surface area contributed by atoms with Gasteiger partial charge in [0, 0.05) is 18.0 Å². The van der Waals surface area contributed by atoms with Crippen molar-refractivity contribution in [1.82, 2.24) is 4.90 Å². The molecule has 0 aliphatic carbocycles. The second kappa shape index (κ2) is 6.06. The Hall–Kier alpha value is -0.870. The number of hydrogen-bond acceptors (Lipinski definition) is 3. The van der Waals surface area contributed by atoms with Crippen molar-refractivity contribution in [2.45, 2.75) is 46.1 Å². The van der Waals surface area contributed by atoms with Gasteiger partial charge in [-0.05, 0) is 37.3 Å². The van der Waals surface area contributed by atoms with E-state index < -0.39 is 0 Å². The second-order valence-electron chi connectivity index (χ2n) is 5.53. The molecule has 3 nitrogen and oxygen atoms in total. The van der Waals surface area contributed by atoms with Crippen LogP contribution < -0.4 is 0 Å². The second-order valence-corrected chi connectivity index (χ2v) is 6.78. The normalized spacial score (nSPS) is 23.7. The molecule has 4 heteroatoms. The minimum absolute atomic E-state index is 0.134. The van der Waals surface area contributed by atoms with Crippen molar-refractivity contribution < 1.29 is 9.90 Å². The molecule has 2 heterocycles. The molecule has 0 radical (unpaired) electrons. The summed E-state index contributed by atoms with van der Waals surface area (Å²) in [7, 11) is 0. The van der Waals surface area contributed by atoms with Crippen LogP contribution in [0.5, 0.6) is 0 Å². The van der Waals surface area contributed by atoms with Crippen LogP contribution in [0.1, 0.15) is 46.8 Å². The van der Waals surface area contributed by atoms with Crippen molar-refractivity contribution >= 4 is 17.2 Å². The molecule has 0 spiro atoms. The maximum absolute atomic E-state index is 12.5. The minimum Gasteiger partial charge on any atom is -0.393 e. The number of carbonyl (C=O) groups is 1. The van der Waals surface area contributed by atoms with Gasteiger partial charge >= 0.3 is 0 Å². The minimum atomic E-state index is -0.259. The molecule has 1 aromatic rings. The highest BCUT2D eigenvalue weighted by Crippen LogP contribution is 2.26. The van der Waals surface area contributed by atoms with Gasteiger partial charge < -0.3 is 10.0 Å². The number of rotatable bonds is 3. The molecule has 1 fully saturated rings. The molecule has 0 saturated carbocycles. The van der Waals surface area contributed by atoms with Crippen LogP contribution >= 0.6 is 11.3 Å². The molecule has 1 aliphatic rings. The summed E-state index contributed by atoms with van der Waals surface area (Å²) < 4.78 is 0. The summed E-state index contributed by atoms with van der Waals surface area (Å²) in [6.45, 7) is 7.60. The Balaban J connectivity index is 2.09. The largest absolute Gasteiger partial charge is 0.393 e. The van der Waals surface area contributed by atoms with Gasteiger partial charge in [-0.3, -0.25) is 4.79 Å². The molecule has 1 aliphatic heterocycles. The van der Waals surface area contributed by atoms with Gasteiger partial charge in [0.05, 0.1) is 11.0 Å². The molecule has 1 amide bonds. The monoisotopic (exact) mass is 281 g/mol. The molecule has 1 saturated heterocycles. The zero-order valence-corrected chi connectivity index (χ0v) is 12.8. The zero-order valence-electron chi connectivity index (χ0n) is 12.0. The Morgan fingerprint density at radius 2 is 2.32 bits per heavy atom. The highest BCUT2D eigenvalue weighted by atomic mass is 32.1. The summed E-state index contributed by atoms with van der Waals surface area (Å²) in [5.41, 5.74) is 1.31. The number of aliphatic hydroxyl groups excluding tert-OH is 1. The smallest absolute Gasteiger partial charge is 0.263 e. The first-order chi connectivity index (χ1) is 9.02. The van der Waals surface area contributed by atoms with Gasteiger partial charge in [-0.2, -0.15) is 0 Å². The number of likely N-dealkylation sites (tertiary alicyclic amines) is 1. The summed E-state index contributed by atoms with van der Waals surface area (Å²) >= 11 is 1.60. The first-order valence-electron chi connectivity index (χ1n) is 7.09. The first-order valence-corrected chi connectivity index (χ1v) is 7.91. The Bertz CT molecular complexity index is 455. The van der Waals surface area contributed by atoms with Crippen LogP contribution in [0.15, 0.2) is 6.07 Å². The van der Waals surface area contributed by atoms with E-state index in [1.807, 2.05) is 11.8 Å².